The van der Waals surface area contributed by atoms with Crippen LogP contribution in [0.15, 0.2) is 30.5 Å². The molecule has 0 spiro atoms. The van der Waals surface area contributed by atoms with Gasteiger partial charge in [0, 0.05) is 6.20 Å². The van der Waals surface area contributed by atoms with Gasteiger partial charge in [0.05, 0.1) is 6.54 Å². The van der Waals surface area contributed by atoms with Crippen LogP contribution in [0.5, 0.6) is 5.75 Å². The molecule has 0 radical (unpaired) electrons. The summed E-state index contributed by atoms with van der Waals surface area (Å²) in [6, 6.07) is 8.16. The van der Waals surface area contributed by atoms with Gasteiger partial charge in [-0.1, -0.05) is 32.9 Å². The second-order valence-corrected chi connectivity index (χ2v) is 6.08. The molecule has 2 rings (SSSR count). The Hall–Kier alpha value is -1.97. The lowest BCUT2D eigenvalue weighted by Gasteiger charge is -2.20. The minimum Gasteiger partial charge on any atom is -0.491 e. The fraction of sp³-hybridized carbons (Fsp3) is 0.438. The van der Waals surface area contributed by atoms with E-state index in [4.69, 9.17) is 10.5 Å². The molecule has 0 fully saturated rings. The number of nitrogens with zero attached hydrogens (tertiary/aromatic N) is 2. The van der Waals surface area contributed by atoms with E-state index in [-0.39, 0.29) is 5.41 Å². The van der Waals surface area contributed by atoms with Crippen LogP contribution in [0.25, 0.3) is 0 Å². The summed E-state index contributed by atoms with van der Waals surface area (Å²) in [6.07, 6.45) is 1.86. The molecule has 1 aromatic carbocycles. The summed E-state index contributed by atoms with van der Waals surface area (Å²) in [5.41, 5.74) is 8.22. The third kappa shape index (κ3) is 3.53. The van der Waals surface area contributed by atoms with Gasteiger partial charge in [-0.15, -0.1) is 0 Å². The first-order valence-electron chi connectivity index (χ1n) is 6.89. The molecule has 0 aliphatic rings. The van der Waals surface area contributed by atoms with Crippen LogP contribution in [0, 0.1) is 6.92 Å². The largest absolute Gasteiger partial charge is 0.491 e. The van der Waals surface area contributed by atoms with Crippen LogP contribution in [0.1, 0.15) is 31.9 Å². The number of ether oxygens (including phenoxy) is 1. The van der Waals surface area contributed by atoms with Crippen LogP contribution in [-0.2, 0) is 12.0 Å². The van der Waals surface area contributed by atoms with Gasteiger partial charge in [-0.3, -0.25) is 4.68 Å². The highest BCUT2D eigenvalue weighted by Gasteiger charge is 2.14. The van der Waals surface area contributed by atoms with Crippen molar-refractivity contribution in [3.63, 3.8) is 0 Å². The van der Waals surface area contributed by atoms with E-state index in [0.717, 1.165) is 11.3 Å². The average molecular weight is 273 g/mol. The van der Waals surface area contributed by atoms with E-state index < -0.39 is 0 Å². The molecular weight excluding hydrogens is 250 g/mol. The number of aromatic nitrogens is 2. The molecular formula is C16H23N3O. The van der Waals surface area contributed by atoms with Gasteiger partial charge in [0.15, 0.2) is 0 Å². The van der Waals surface area contributed by atoms with E-state index >= 15 is 0 Å². The smallest absolute Gasteiger partial charge is 0.145 e. The van der Waals surface area contributed by atoms with E-state index in [1.165, 1.54) is 5.56 Å². The topological polar surface area (TPSA) is 53.1 Å². The molecule has 0 aliphatic heterocycles. The number of benzene rings is 1. The van der Waals surface area contributed by atoms with Crippen LogP contribution in [-0.4, -0.2) is 16.4 Å². The number of nitrogens with two attached hydrogens (primary N) is 1. The number of aryl methyl sites for hydroxylation is 1. The first kappa shape index (κ1) is 14.4. The maximum Gasteiger partial charge on any atom is 0.145 e. The Morgan fingerprint density at radius 1 is 1.25 bits per heavy atom. The number of hydrogen-bond acceptors (Lipinski definition) is 3. The maximum atomic E-state index is 5.82. The Kier molecular flexibility index (Phi) is 4.02. The summed E-state index contributed by atoms with van der Waals surface area (Å²) < 4.78 is 7.60. The van der Waals surface area contributed by atoms with Gasteiger partial charge in [0.2, 0.25) is 0 Å². The Bertz CT molecular complexity index is 582. The molecule has 1 heterocycles. The van der Waals surface area contributed by atoms with Crippen molar-refractivity contribution in [2.75, 3.05) is 12.3 Å². The molecule has 0 saturated heterocycles. The Labute approximate surface area is 120 Å². The number of rotatable bonds is 4. The lowest BCUT2D eigenvalue weighted by molar-refractivity contribution is 0.289. The van der Waals surface area contributed by atoms with Crippen molar-refractivity contribution in [2.45, 2.75) is 39.7 Å². The molecule has 0 saturated carbocycles. The summed E-state index contributed by atoms with van der Waals surface area (Å²) in [6.45, 7) is 9.99. The molecule has 1 aromatic heterocycles. The second kappa shape index (κ2) is 5.57. The highest BCUT2D eigenvalue weighted by atomic mass is 16.5. The van der Waals surface area contributed by atoms with E-state index in [2.05, 4.69) is 44.9 Å². The lowest BCUT2D eigenvalue weighted by atomic mass is 9.86. The normalized spacial score (nSPS) is 11.6. The molecule has 2 aromatic rings. The SMILES string of the molecule is Cc1cc(C(C)(C)C)ccc1OCCn1ccc(N)n1. The Morgan fingerprint density at radius 3 is 2.55 bits per heavy atom. The van der Waals surface area contributed by atoms with Crippen molar-refractivity contribution in [1.82, 2.24) is 9.78 Å². The molecule has 4 nitrogen and oxygen atoms in total. The van der Waals surface area contributed by atoms with Crippen molar-refractivity contribution in [2.24, 2.45) is 0 Å². The highest BCUT2D eigenvalue weighted by Crippen LogP contribution is 2.27. The number of nitrogen functional groups attached to an aromatic ring is 1. The highest BCUT2D eigenvalue weighted by molar-refractivity contribution is 5.38. The van der Waals surface area contributed by atoms with Crippen LogP contribution in [0.4, 0.5) is 5.82 Å². The van der Waals surface area contributed by atoms with E-state index in [0.29, 0.717) is 19.0 Å². The summed E-state index contributed by atoms with van der Waals surface area (Å²) in [4.78, 5) is 0. The molecule has 4 heteroatoms. The van der Waals surface area contributed by atoms with Gasteiger partial charge in [0.25, 0.3) is 0 Å². The number of hydrogen-bond donors (Lipinski definition) is 1. The van der Waals surface area contributed by atoms with Crippen LogP contribution in [0.2, 0.25) is 0 Å². The molecule has 0 aliphatic carbocycles. The van der Waals surface area contributed by atoms with Crippen LogP contribution < -0.4 is 10.5 Å². The summed E-state index contributed by atoms with van der Waals surface area (Å²) in [5.74, 6) is 1.47. The van der Waals surface area contributed by atoms with Crippen molar-refractivity contribution >= 4 is 5.82 Å². The molecule has 108 valence electrons. The third-order valence-electron chi connectivity index (χ3n) is 3.28. The fourth-order valence-corrected chi connectivity index (χ4v) is 2.03. The second-order valence-electron chi connectivity index (χ2n) is 6.08. The van der Waals surface area contributed by atoms with Gasteiger partial charge in [0.1, 0.15) is 18.2 Å². The standard InChI is InChI=1S/C16H23N3O/c1-12-11-13(16(2,3)4)5-6-14(12)20-10-9-19-8-7-15(17)18-19/h5-8,11H,9-10H2,1-4H3,(H2,17,18). The number of anilines is 1. The van der Waals surface area contributed by atoms with Gasteiger partial charge in [-0.25, -0.2) is 0 Å². The van der Waals surface area contributed by atoms with E-state index in [9.17, 15) is 0 Å². The molecule has 0 atom stereocenters. The van der Waals surface area contributed by atoms with Crippen molar-refractivity contribution in [1.29, 1.82) is 0 Å². The minimum atomic E-state index is 0.163. The molecule has 0 bridgehead atoms. The van der Waals surface area contributed by atoms with Crippen molar-refractivity contribution < 1.29 is 4.74 Å². The van der Waals surface area contributed by atoms with E-state index in [1.807, 2.05) is 12.3 Å². The quantitative estimate of drug-likeness (QED) is 0.931. The van der Waals surface area contributed by atoms with Gasteiger partial charge < -0.3 is 10.5 Å². The third-order valence-corrected chi connectivity index (χ3v) is 3.28. The molecule has 2 N–H and O–H groups in total. The van der Waals surface area contributed by atoms with Crippen LogP contribution in [0.3, 0.4) is 0 Å². The van der Waals surface area contributed by atoms with Gasteiger partial charge in [-0.2, -0.15) is 5.10 Å². The maximum absolute atomic E-state index is 5.82. The van der Waals surface area contributed by atoms with Crippen molar-refractivity contribution in [3.8, 4) is 5.75 Å². The molecule has 0 unspecified atom stereocenters. The monoisotopic (exact) mass is 273 g/mol. The van der Waals surface area contributed by atoms with Crippen LogP contribution >= 0.6 is 0 Å². The fourth-order valence-electron chi connectivity index (χ4n) is 2.03. The van der Waals surface area contributed by atoms with E-state index in [1.54, 1.807) is 10.7 Å². The zero-order valence-corrected chi connectivity index (χ0v) is 12.7. The predicted octanol–water partition coefficient (Wildman–Crippen LogP) is 3.15. The first-order chi connectivity index (χ1) is 9.36. The average Bonchev–Trinajstić information content (AvgIpc) is 2.76. The van der Waals surface area contributed by atoms with Crippen molar-refractivity contribution in [3.05, 3.63) is 41.6 Å². The molecule has 20 heavy (non-hydrogen) atoms. The summed E-state index contributed by atoms with van der Waals surface area (Å²) in [7, 11) is 0. The Balaban J connectivity index is 1.96. The lowest BCUT2D eigenvalue weighted by Crippen LogP contribution is -2.12. The summed E-state index contributed by atoms with van der Waals surface area (Å²) in [5, 5.41) is 4.13. The minimum absolute atomic E-state index is 0.163. The first-order valence-corrected chi connectivity index (χ1v) is 6.89. The van der Waals surface area contributed by atoms with Gasteiger partial charge >= 0.3 is 0 Å². The predicted molar refractivity (Wildman–Crippen MR) is 82.0 cm³/mol. The summed E-state index contributed by atoms with van der Waals surface area (Å²) >= 11 is 0. The zero-order valence-electron chi connectivity index (χ0n) is 12.7. The zero-order chi connectivity index (χ0) is 14.8. The van der Waals surface area contributed by atoms with Gasteiger partial charge in [-0.05, 0) is 35.6 Å². The Morgan fingerprint density at radius 2 is 2.00 bits per heavy atom. The molecule has 0 amide bonds.